The van der Waals surface area contributed by atoms with Crippen LogP contribution >= 0.6 is 11.3 Å². The molecule has 0 aliphatic carbocycles. The van der Waals surface area contributed by atoms with Crippen molar-refractivity contribution in [2.45, 2.75) is 51.5 Å². The first-order chi connectivity index (χ1) is 10.0. The van der Waals surface area contributed by atoms with Crippen LogP contribution in [0, 0.1) is 0 Å². The van der Waals surface area contributed by atoms with E-state index in [0.717, 1.165) is 48.9 Å². The molecular weight excluding hydrogens is 282 g/mol. The molecule has 2 aromatic rings. The summed E-state index contributed by atoms with van der Waals surface area (Å²) in [7, 11) is 0. The molecule has 114 valence electrons. The predicted octanol–water partition coefficient (Wildman–Crippen LogP) is 2.55. The SMILES string of the molecule is CC(C)(C)c1csc(Cn2cc(C3CCNCC3)nn2)n1. The third kappa shape index (κ3) is 3.49. The average Bonchev–Trinajstić information content (AvgIpc) is 3.09. The average molecular weight is 305 g/mol. The molecule has 0 saturated carbocycles. The van der Waals surface area contributed by atoms with Crippen molar-refractivity contribution in [1.82, 2.24) is 25.3 Å². The Morgan fingerprint density at radius 3 is 2.76 bits per heavy atom. The van der Waals surface area contributed by atoms with Crippen LogP contribution < -0.4 is 5.32 Å². The monoisotopic (exact) mass is 305 g/mol. The second kappa shape index (κ2) is 5.85. The molecule has 1 aliphatic rings. The first-order valence-corrected chi connectivity index (χ1v) is 8.46. The Labute approximate surface area is 129 Å². The smallest absolute Gasteiger partial charge is 0.114 e. The second-order valence-corrected chi connectivity index (χ2v) is 7.68. The zero-order valence-corrected chi connectivity index (χ0v) is 13.8. The molecule has 1 N–H and O–H groups in total. The molecule has 0 amide bonds. The molecule has 0 atom stereocenters. The van der Waals surface area contributed by atoms with Crippen LogP contribution in [0.2, 0.25) is 0 Å². The van der Waals surface area contributed by atoms with Gasteiger partial charge in [0, 0.05) is 22.9 Å². The summed E-state index contributed by atoms with van der Waals surface area (Å²) in [5, 5.41) is 15.3. The Morgan fingerprint density at radius 1 is 1.33 bits per heavy atom. The zero-order chi connectivity index (χ0) is 14.9. The van der Waals surface area contributed by atoms with E-state index < -0.39 is 0 Å². The Bertz CT molecular complexity index is 589. The lowest BCUT2D eigenvalue weighted by Gasteiger charge is -2.19. The predicted molar refractivity (Wildman–Crippen MR) is 84.8 cm³/mol. The minimum atomic E-state index is 0.109. The van der Waals surface area contributed by atoms with E-state index in [2.05, 4.69) is 48.0 Å². The number of nitrogens with one attached hydrogen (secondary N) is 1. The molecule has 3 rings (SSSR count). The van der Waals surface area contributed by atoms with Crippen LogP contribution in [0.4, 0.5) is 0 Å². The summed E-state index contributed by atoms with van der Waals surface area (Å²) in [6.45, 7) is 9.46. The van der Waals surface area contributed by atoms with E-state index in [1.165, 1.54) is 0 Å². The van der Waals surface area contributed by atoms with Gasteiger partial charge in [0.2, 0.25) is 0 Å². The summed E-state index contributed by atoms with van der Waals surface area (Å²) in [6, 6.07) is 0. The van der Waals surface area contributed by atoms with Crippen molar-refractivity contribution in [3.8, 4) is 0 Å². The van der Waals surface area contributed by atoms with Crippen LogP contribution in [0.15, 0.2) is 11.6 Å². The highest BCUT2D eigenvalue weighted by Crippen LogP contribution is 2.25. The van der Waals surface area contributed by atoms with Gasteiger partial charge in [0.25, 0.3) is 0 Å². The van der Waals surface area contributed by atoms with E-state index in [-0.39, 0.29) is 5.41 Å². The van der Waals surface area contributed by atoms with E-state index in [0.29, 0.717) is 5.92 Å². The number of rotatable bonds is 3. The number of hydrogen-bond donors (Lipinski definition) is 1. The largest absolute Gasteiger partial charge is 0.317 e. The van der Waals surface area contributed by atoms with Crippen LogP contribution in [-0.2, 0) is 12.0 Å². The van der Waals surface area contributed by atoms with Gasteiger partial charge in [0.1, 0.15) is 5.01 Å². The fourth-order valence-electron chi connectivity index (χ4n) is 2.56. The van der Waals surface area contributed by atoms with Gasteiger partial charge in [-0.25, -0.2) is 9.67 Å². The normalized spacial score (nSPS) is 17.3. The standard InChI is InChI=1S/C15H23N5S/c1-15(2,3)13-10-21-14(17-13)9-20-8-12(18-19-20)11-4-6-16-7-5-11/h8,10-11,16H,4-7,9H2,1-3H3. The highest BCUT2D eigenvalue weighted by molar-refractivity contribution is 7.09. The summed E-state index contributed by atoms with van der Waals surface area (Å²) in [5.74, 6) is 0.557. The molecule has 21 heavy (non-hydrogen) atoms. The number of piperidine rings is 1. The van der Waals surface area contributed by atoms with Crippen LogP contribution in [0.5, 0.6) is 0 Å². The van der Waals surface area contributed by atoms with Crippen LogP contribution in [0.25, 0.3) is 0 Å². The van der Waals surface area contributed by atoms with E-state index in [9.17, 15) is 0 Å². The second-order valence-electron chi connectivity index (χ2n) is 6.74. The van der Waals surface area contributed by atoms with Crippen LogP contribution in [-0.4, -0.2) is 33.1 Å². The fourth-order valence-corrected chi connectivity index (χ4v) is 3.57. The van der Waals surface area contributed by atoms with Gasteiger partial charge < -0.3 is 5.32 Å². The highest BCUT2D eigenvalue weighted by Gasteiger charge is 2.20. The lowest BCUT2D eigenvalue weighted by Crippen LogP contribution is -2.26. The quantitative estimate of drug-likeness (QED) is 0.947. The van der Waals surface area contributed by atoms with Crippen molar-refractivity contribution in [3.05, 3.63) is 28.0 Å². The van der Waals surface area contributed by atoms with Gasteiger partial charge >= 0.3 is 0 Å². The summed E-state index contributed by atoms with van der Waals surface area (Å²) in [5.41, 5.74) is 2.39. The summed E-state index contributed by atoms with van der Waals surface area (Å²) >= 11 is 1.71. The van der Waals surface area contributed by atoms with E-state index in [1.807, 2.05) is 4.68 Å². The Hall–Kier alpha value is -1.27. The molecule has 0 aromatic carbocycles. The van der Waals surface area contributed by atoms with Gasteiger partial charge in [0.05, 0.1) is 17.9 Å². The summed E-state index contributed by atoms with van der Waals surface area (Å²) < 4.78 is 1.92. The maximum Gasteiger partial charge on any atom is 0.114 e. The van der Waals surface area contributed by atoms with Crippen LogP contribution in [0.1, 0.15) is 55.9 Å². The van der Waals surface area contributed by atoms with Crippen molar-refractivity contribution in [1.29, 1.82) is 0 Å². The van der Waals surface area contributed by atoms with Crippen molar-refractivity contribution in [2.75, 3.05) is 13.1 Å². The molecule has 0 spiro atoms. The number of nitrogens with zero attached hydrogens (tertiary/aromatic N) is 4. The summed E-state index contributed by atoms with van der Waals surface area (Å²) in [4.78, 5) is 4.72. The van der Waals surface area contributed by atoms with Crippen molar-refractivity contribution in [3.63, 3.8) is 0 Å². The molecule has 1 fully saturated rings. The molecule has 0 radical (unpaired) electrons. The Morgan fingerprint density at radius 2 is 2.10 bits per heavy atom. The lowest BCUT2D eigenvalue weighted by atomic mass is 9.93. The van der Waals surface area contributed by atoms with Gasteiger partial charge in [-0.2, -0.15) is 0 Å². The van der Waals surface area contributed by atoms with E-state index in [4.69, 9.17) is 4.98 Å². The third-order valence-corrected chi connectivity index (χ3v) is 4.76. The van der Waals surface area contributed by atoms with Crippen molar-refractivity contribution < 1.29 is 0 Å². The first kappa shape index (κ1) is 14.7. The molecule has 0 bridgehead atoms. The molecule has 1 saturated heterocycles. The summed E-state index contributed by atoms with van der Waals surface area (Å²) in [6.07, 6.45) is 4.41. The molecular formula is C15H23N5S. The van der Waals surface area contributed by atoms with Gasteiger partial charge in [-0.3, -0.25) is 0 Å². The number of thiazole rings is 1. The van der Waals surface area contributed by atoms with Gasteiger partial charge in [-0.05, 0) is 25.9 Å². The molecule has 0 unspecified atom stereocenters. The minimum absolute atomic E-state index is 0.109. The van der Waals surface area contributed by atoms with Crippen molar-refractivity contribution >= 4 is 11.3 Å². The molecule has 6 heteroatoms. The van der Waals surface area contributed by atoms with Crippen molar-refractivity contribution in [2.24, 2.45) is 0 Å². The number of aromatic nitrogens is 4. The number of hydrogen-bond acceptors (Lipinski definition) is 5. The van der Waals surface area contributed by atoms with Gasteiger partial charge in [-0.15, -0.1) is 16.4 Å². The van der Waals surface area contributed by atoms with Gasteiger partial charge in [-0.1, -0.05) is 26.0 Å². The topological polar surface area (TPSA) is 55.6 Å². The maximum absolute atomic E-state index is 4.72. The maximum atomic E-state index is 4.72. The molecule has 1 aliphatic heterocycles. The first-order valence-electron chi connectivity index (χ1n) is 7.58. The molecule has 2 aromatic heterocycles. The molecule has 5 nitrogen and oxygen atoms in total. The Kier molecular flexibility index (Phi) is 4.08. The van der Waals surface area contributed by atoms with E-state index in [1.54, 1.807) is 11.3 Å². The highest BCUT2D eigenvalue weighted by atomic mass is 32.1. The van der Waals surface area contributed by atoms with Crippen LogP contribution in [0.3, 0.4) is 0 Å². The Balaban J connectivity index is 1.68. The third-order valence-electron chi connectivity index (χ3n) is 3.93. The van der Waals surface area contributed by atoms with Gasteiger partial charge in [0.15, 0.2) is 0 Å². The fraction of sp³-hybridized carbons (Fsp3) is 0.667. The van der Waals surface area contributed by atoms with E-state index >= 15 is 0 Å². The lowest BCUT2D eigenvalue weighted by molar-refractivity contribution is 0.453. The zero-order valence-electron chi connectivity index (χ0n) is 13.0. The molecule has 3 heterocycles. The minimum Gasteiger partial charge on any atom is -0.317 e.